The van der Waals surface area contributed by atoms with Crippen molar-refractivity contribution in [2.45, 2.75) is 13.3 Å². The molecule has 106 valence electrons. The summed E-state index contributed by atoms with van der Waals surface area (Å²) >= 11 is 0. The SMILES string of the molecule is COc1cccc(N(CCCN)c2ccc(C)cc2)n1. The minimum absolute atomic E-state index is 0.618. The average molecular weight is 271 g/mol. The third kappa shape index (κ3) is 3.48. The molecule has 0 radical (unpaired) electrons. The molecule has 0 atom stereocenters. The molecule has 0 aliphatic rings. The van der Waals surface area contributed by atoms with Gasteiger partial charge in [-0.05, 0) is 38.1 Å². The summed E-state index contributed by atoms with van der Waals surface area (Å²) in [6.07, 6.45) is 0.909. The number of nitrogens with two attached hydrogens (primary N) is 1. The van der Waals surface area contributed by atoms with Crippen LogP contribution in [-0.4, -0.2) is 25.2 Å². The molecule has 0 amide bonds. The van der Waals surface area contributed by atoms with Crippen molar-refractivity contribution in [1.29, 1.82) is 0 Å². The first-order valence-corrected chi connectivity index (χ1v) is 6.80. The van der Waals surface area contributed by atoms with Gasteiger partial charge in [0.2, 0.25) is 5.88 Å². The van der Waals surface area contributed by atoms with Gasteiger partial charge < -0.3 is 15.4 Å². The van der Waals surface area contributed by atoms with Crippen molar-refractivity contribution in [1.82, 2.24) is 4.98 Å². The standard InChI is InChI=1S/C16H21N3O/c1-13-7-9-14(10-8-13)19(12-4-11-17)15-5-3-6-16(18-15)20-2/h3,5-10H,4,11-12,17H2,1-2H3. The lowest BCUT2D eigenvalue weighted by Crippen LogP contribution is -2.22. The van der Waals surface area contributed by atoms with Crippen molar-refractivity contribution in [3.63, 3.8) is 0 Å². The van der Waals surface area contributed by atoms with E-state index < -0.39 is 0 Å². The van der Waals surface area contributed by atoms with E-state index in [2.05, 4.69) is 41.1 Å². The smallest absolute Gasteiger partial charge is 0.214 e. The third-order valence-electron chi connectivity index (χ3n) is 3.13. The number of rotatable bonds is 6. The molecule has 4 heteroatoms. The van der Waals surface area contributed by atoms with E-state index in [9.17, 15) is 0 Å². The number of aromatic nitrogens is 1. The maximum Gasteiger partial charge on any atom is 0.214 e. The van der Waals surface area contributed by atoms with Gasteiger partial charge in [0.25, 0.3) is 0 Å². The Kier molecular flexibility index (Phi) is 4.96. The Morgan fingerprint density at radius 2 is 1.90 bits per heavy atom. The maximum atomic E-state index is 5.64. The summed E-state index contributed by atoms with van der Waals surface area (Å²) in [7, 11) is 1.63. The molecule has 0 aliphatic carbocycles. The first kappa shape index (κ1) is 14.3. The van der Waals surface area contributed by atoms with Gasteiger partial charge in [0.1, 0.15) is 5.82 Å². The first-order valence-electron chi connectivity index (χ1n) is 6.80. The first-order chi connectivity index (χ1) is 9.74. The van der Waals surface area contributed by atoms with E-state index in [1.54, 1.807) is 7.11 Å². The zero-order chi connectivity index (χ0) is 14.4. The largest absolute Gasteiger partial charge is 0.481 e. The quantitative estimate of drug-likeness (QED) is 0.877. The number of aryl methyl sites for hydroxylation is 1. The van der Waals surface area contributed by atoms with Crippen LogP contribution in [0.15, 0.2) is 42.5 Å². The summed E-state index contributed by atoms with van der Waals surface area (Å²) in [6, 6.07) is 14.2. The van der Waals surface area contributed by atoms with Crippen LogP contribution in [0, 0.1) is 6.92 Å². The Labute approximate surface area is 120 Å². The number of nitrogens with zero attached hydrogens (tertiary/aromatic N) is 2. The molecule has 0 unspecified atom stereocenters. The van der Waals surface area contributed by atoms with E-state index in [0.717, 1.165) is 24.5 Å². The van der Waals surface area contributed by atoms with E-state index in [-0.39, 0.29) is 0 Å². The zero-order valence-corrected chi connectivity index (χ0v) is 12.0. The van der Waals surface area contributed by atoms with Crippen molar-refractivity contribution in [2.75, 3.05) is 25.1 Å². The number of benzene rings is 1. The van der Waals surface area contributed by atoms with Crippen molar-refractivity contribution in [3.8, 4) is 5.88 Å². The van der Waals surface area contributed by atoms with Crippen molar-refractivity contribution in [2.24, 2.45) is 5.73 Å². The van der Waals surface area contributed by atoms with Crippen LogP contribution in [0.3, 0.4) is 0 Å². The third-order valence-corrected chi connectivity index (χ3v) is 3.13. The van der Waals surface area contributed by atoms with Gasteiger partial charge >= 0.3 is 0 Å². The molecule has 1 heterocycles. The Morgan fingerprint density at radius 3 is 2.55 bits per heavy atom. The molecule has 2 N–H and O–H groups in total. The zero-order valence-electron chi connectivity index (χ0n) is 12.0. The molecule has 0 saturated heterocycles. The summed E-state index contributed by atoms with van der Waals surface area (Å²) in [6.45, 7) is 3.57. The molecule has 2 aromatic rings. The predicted octanol–water partition coefficient (Wildman–Crippen LogP) is 2.89. The number of ether oxygens (including phenoxy) is 1. The minimum Gasteiger partial charge on any atom is -0.481 e. The van der Waals surface area contributed by atoms with Gasteiger partial charge in [0.05, 0.1) is 7.11 Å². The lowest BCUT2D eigenvalue weighted by atomic mass is 10.2. The van der Waals surface area contributed by atoms with Crippen LogP contribution in [0.4, 0.5) is 11.5 Å². The monoisotopic (exact) mass is 271 g/mol. The number of pyridine rings is 1. The Morgan fingerprint density at radius 1 is 1.15 bits per heavy atom. The van der Waals surface area contributed by atoms with Crippen LogP contribution in [0.2, 0.25) is 0 Å². The lowest BCUT2D eigenvalue weighted by Gasteiger charge is -2.24. The molecule has 2 rings (SSSR count). The van der Waals surface area contributed by atoms with E-state index in [4.69, 9.17) is 10.5 Å². The minimum atomic E-state index is 0.618. The van der Waals surface area contributed by atoms with Gasteiger partial charge in [-0.2, -0.15) is 4.98 Å². The highest BCUT2D eigenvalue weighted by Gasteiger charge is 2.10. The molecule has 0 fully saturated rings. The summed E-state index contributed by atoms with van der Waals surface area (Å²) in [4.78, 5) is 6.67. The fourth-order valence-electron chi connectivity index (χ4n) is 2.02. The van der Waals surface area contributed by atoms with Gasteiger partial charge in [-0.1, -0.05) is 23.8 Å². The average Bonchev–Trinajstić information content (AvgIpc) is 2.49. The van der Waals surface area contributed by atoms with Crippen LogP contribution < -0.4 is 15.4 Å². The normalized spacial score (nSPS) is 10.3. The van der Waals surface area contributed by atoms with Crippen LogP contribution >= 0.6 is 0 Å². The van der Waals surface area contributed by atoms with Crippen LogP contribution in [0.1, 0.15) is 12.0 Å². The molecular weight excluding hydrogens is 250 g/mol. The summed E-state index contributed by atoms with van der Waals surface area (Å²) in [5.74, 6) is 1.49. The molecule has 0 saturated carbocycles. The summed E-state index contributed by atoms with van der Waals surface area (Å²) in [5, 5.41) is 0. The second-order valence-electron chi connectivity index (χ2n) is 4.67. The highest BCUT2D eigenvalue weighted by atomic mass is 16.5. The Hall–Kier alpha value is -2.07. The number of methoxy groups -OCH3 is 1. The van der Waals surface area contributed by atoms with Crippen molar-refractivity contribution < 1.29 is 4.74 Å². The van der Waals surface area contributed by atoms with Crippen LogP contribution in [0.25, 0.3) is 0 Å². The maximum absolute atomic E-state index is 5.64. The van der Waals surface area contributed by atoms with Gasteiger partial charge in [0.15, 0.2) is 0 Å². The molecule has 0 bridgehead atoms. The van der Waals surface area contributed by atoms with E-state index in [1.807, 2.05) is 18.2 Å². The highest BCUT2D eigenvalue weighted by molar-refractivity contribution is 5.60. The fourth-order valence-corrected chi connectivity index (χ4v) is 2.02. The molecule has 0 aliphatic heterocycles. The van der Waals surface area contributed by atoms with E-state index in [1.165, 1.54) is 5.56 Å². The van der Waals surface area contributed by atoms with Gasteiger partial charge in [-0.3, -0.25) is 0 Å². The number of hydrogen-bond acceptors (Lipinski definition) is 4. The molecule has 4 nitrogen and oxygen atoms in total. The van der Waals surface area contributed by atoms with E-state index in [0.29, 0.717) is 12.4 Å². The summed E-state index contributed by atoms with van der Waals surface area (Å²) in [5.41, 5.74) is 8.00. The van der Waals surface area contributed by atoms with Crippen LogP contribution in [-0.2, 0) is 0 Å². The van der Waals surface area contributed by atoms with E-state index >= 15 is 0 Å². The number of hydrogen-bond donors (Lipinski definition) is 1. The van der Waals surface area contributed by atoms with Gasteiger partial charge in [-0.15, -0.1) is 0 Å². The number of anilines is 2. The predicted molar refractivity (Wildman–Crippen MR) is 82.6 cm³/mol. The second-order valence-corrected chi connectivity index (χ2v) is 4.67. The van der Waals surface area contributed by atoms with Crippen molar-refractivity contribution >= 4 is 11.5 Å². The topological polar surface area (TPSA) is 51.4 Å². The molecule has 1 aromatic carbocycles. The molecule has 1 aromatic heterocycles. The Balaban J connectivity index is 2.32. The highest BCUT2D eigenvalue weighted by Crippen LogP contribution is 2.25. The molecule has 20 heavy (non-hydrogen) atoms. The molecule has 0 spiro atoms. The lowest BCUT2D eigenvalue weighted by molar-refractivity contribution is 0.398. The van der Waals surface area contributed by atoms with Crippen molar-refractivity contribution in [3.05, 3.63) is 48.0 Å². The Bertz CT molecular complexity index is 540. The van der Waals surface area contributed by atoms with Crippen LogP contribution in [0.5, 0.6) is 5.88 Å². The second kappa shape index (κ2) is 6.91. The fraction of sp³-hybridized carbons (Fsp3) is 0.312. The van der Waals surface area contributed by atoms with Gasteiger partial charge in [0, 0.05) is 18.3 Å². The molecular formula is C16H21N3O. The van der Waals surface area contributed by atoms with Gasteiger partial charge in [-0.25, -0.2) is 0 Å². The summed E-state index contributed by atoms with van der Waals surface area (Å²) < 4.78 is 5.20.